The topological polar surface area (TPSA) is 86.9 Å². The molecule has 6 nitrogen and oxygen atoms in total. The van der Waals surface area contributed by atoms with Crippen molar-refractivity contribution in [1.29, 1.82) is 0 Å². The molecule has 3 N–H and O–H groups in total. The summed E-state index contributed by atoms with van der Waals surface area (Å²) in [6.45, 7) is 2.24. The van der Waals surface area contributed by atoms with Gasteiger partial charge in [-0.2, -0.15) is 0 Å². The maximum atomic E-state index is 11.7. The molecule has 1 aromatic carbocycles. The van der Waals surface area contributed by atoms with E-state index in [0.29, 0.717) is 18.8 Å². The molecule has 0 radical (unpaired) electrons. The van der Waals surface area contributed by atoms with Crippen LogP contribution in [0.5, 0.6) is 0 Å². The van der Waals surface area contributed by atoms with Crippen molar-refractivity contribution < 1.29 is 9.59 Å². The summed E-state index contributed by atoms with van der Waals surface area (Å²) >= 11 is 0. The van der Waals surface area contributed by atoms with Crippen molar-refractivity contribution >= 4 is 39.7 Å². The molecule has 6 heteroatoms. The zero-order valence-electron chi connectivity index (χ0n) is 13.3. The summed E-state index contributed by atoms with van der Waals surface area (Å²) in [6.07, 6.45) is 4.88. The minimum Gasteiger partial charge on any atom is -0.355 e. The largest absolute Gasteiger partial charge is 0.355 e. The fraction of sp³-hybridized carbons (Fsp3) is 0.167. The molecule has 0 fully saturated rings. The number of hydrogen-bond acceptors (Lipinski definition) is 3. The van der Waals surface area contributed by atoms with Gasteiger partial charge in [-0.25, -0.2) is 0 Å². The molecule has 2 amide bonds. The van der Waals surface area contributed by atoms with E-state index in [1.807, 2.05) is 24.3 Å². The first-order chi connectivity index (χ1) is 11.6. The van der Waals surface area contributed by atoms with Gasteiger partial charge in [-0.1, -0.05) is 18.2 Å². The number of nitrogens with zero attached hydrogens (tertiary/aromatic N) is 1. The van der Waals surface area contributed by atoms with Gasteiger partial charge in [-0.15, -0.1) is 0 Å². The average Bonchev–Trinajstić information content (AvgIpc) is 2.94. The molecule has 0 saturated carbocycles. The Morgan fingerprint density at radius 3 is 2.75 bits per heavy atom. The lowest BCUT2D eigenvalue weighted by molar-refractivity contribution is -0.119. The lowest BCUT2D eigenvalue weighted by atomic mass is 10.1. The number of rotatable bonds is 5. The fourth-order valence-electron chi connectivity index (χ4n) is 2.50. The number of carbonyl (C=O) groups excluding carboxylic acids is 2. The lowest BCUT2D eigenvalue weighted by Crippen LogP contribution is -2.32. The summed E-state index contributed by atoms with van der Waals surface area (Å²) in [6, 6.07) is 10.0. The smallest absolute Gasteiger partial charge is 0.244 e. The van der Waals surface area contributed by atoms with Gasteiger partial charge in [0.05, 0.1) is 17.4 Å². The number of benzene rings is 1. The highest BCUT2D eigenvalue weighted by molar-refractivity contribution is 6.07. The Balaban J connectivity index is 1.69. The summed E-state index contributed by atoms with van der Waals surface area (Å²) in [5, 5.41) is 7.52. The van der Waals surface area contributed by atoms with E-state index in [1.54, 1.807) is 12.3 Å². The molecule has 2 heterocycles. The molecule has 3 rings (SSSR count). The van der Waals surface area contributed by atoms with Crippen LogP contribution in [0, 0.1) is 0 Å². The lowest BCUT2D eigenvalue weighted by Gasteiger charge is -2.02. The SMILES string of the molecule is CC(=O)NCCNC(=O)/C=C/c1cc2c(cn1)[nH]c1ccccc12. The van der Waals surface area contributed by atoms with E-state index in [0.717, 1.165) is 21.8 Å². The zero-order valence-corrected chi connectivity index (χ0v) is 13.3. The van der Waals surface area contributed by atoms with Crippen molar-refractivity contribution in [3.8, 4) is 0 Å². The molecule has 0 saturated heterocycles. The highest BCUT2D eigenvalue weighted by atomic mass is 16.2. The van der Waals surface area contributed by atoms with E-state index in [2.05, 4.69) is 26.7 Å². The summed E-state index contributed by atoms with van der Waals surface area (Å²) in [5.74, 6) is -0.336. The Hall–Kier alpha value is -3.15. The van der Waals surface area contributed by atoms with Crippen LogP contribution in [0.15, 0.2) is 42.6 Å². The van der Waals surface area contributed by atoms with Crippen LogP contribution in [-0.2, 0) is 9.59 Å². The molecule has 0 atom stereocenters. The van der Waals surface area contributed by atoms with Crippen LogP contribution in [0.4, 0.5) is 0 Å². The molecular weight excluding hydrogens is 304 g/mol. The van der Waals surface area contributed by atoms with Gasteiger partial charge in [0.2, 0.25) is 11.8 Å². The molecule has 0 bridgehead atoms. The minimum absolute atomic E-state index is 0.115. The van der Waals surface area contributed by atoms with Crippen molar-refractivity contribution in [2.24, 2.45) is 0 Å². The van der Waals surface area contributed by atoms with Crippen LogP contribution < -0.4 is 10.6 Å². The highest BCUT2D eigenvalue weighted by Crippen LogP contribution is 2.25. The quantitative estimate of drug-likeness (QED) is 0.496. The number of aromatic nitrogens is 2. The van der Waals surface area contributed by atoms with Crippen LogP contribution >= 0.6 is 0 Å². The Labute approximate surface area is 139 Å². The second-order valence-corrected chi connectivity index (χ2v) is 5.43. The first-order valence-electron chi connectivity index (χ1n) is 7.70. The summed E-state index contributed by atoms with van der Waals surface area (Å²) in [5.41, 5.74) is 2.74. The monoisotopic (exact) mass is 322 g/mol. The maximum Gasteiger partial charge on any atom is 0.244 e. The Morgan fingerprint density at radius 1 is 1.12 bits per heavy atom. The number of carbonyl (C=O) groups is 2. The molecule has 122 valence electrons. The molecule has 24 heavy (non-hydrogen) atoms. The fourth-order valence-corrected chi connectivity index (χ4v) is 2.50. The van der Waals surface area contributed by atoms with Crippen molar-refractivity contribution in [1.82, 2.24) is 20.6 Å². The summed E-state index contributed by atoms with van der Waals surface area (Å²) in [7, 11) is 0. The van der Waals surface area contributed by atoms with Crippen molar-refractivity contribution in [2.45, 2.75) is 6.92 Å². The predicted molar refractivity (Wildman–Crippen MR) is 94.3 cm³/mol. The Kier molecular flexibility index (Phi) is 4.56. The van der Waals surface area contributed by atoms with Gasteiger partial charge >= 0.3 is 0 Å². The van der Waals surface area contributed by atoms with Gasteiger partial charge in [-0.05, 0) is 18.2 Å². The molecule has 0 aliphatic heterocycles. The van der Waals surface area contributed by atoms with Gasteiger partial charge in [0.25, 0.3) is 0 Å². The number of H-pyrrole nitrogens is 1. The van der Waals surface area contributed by atoms with E-state index in [9.17, 15) is 9.59 Å². The molecule has 0 aliphatic rings. The molecule has 0 spiro atoms. The standard InChI is InChI=1S/C18H18N4O2/c1-12(23)19-8-9-20-18(24)7-6-13-10-15-14-4-2-3-5-16(14)22-17(15)11-21-13/h2-7,10-11,22H,8-9H2,1H3,(H,19,23)(H,20,24)/b7-6+. The van der Waals surface area contributed by atoms with E-state index < -0.39 is 0 Å². The third-order valence-electron chi connectivity index (χ3n) is 3.62. The maximum absolute atomic E-state index is 11.7. The summed E-state index contributed by atoms with van der Waals surface area (Å²) in [4.78, 5) is 30.1. The third-order valence-corrected chi connectivity index (χ3v) is 3.62. The average molecular weight is 322 g/mol. The van der Waals surface area contributed by atoms with E-state index >= 15 is 0 Å². The van der Waals surface area contributed by atoms with E-state index in [1.165, 1.54) is 13.0 Å². The van der Waals surface area contributed by atoms with Crippen LogP contribution in [0.1, 0.15) is 12.6 Å². The number of hydrogen-bond donors (Lipinski definition) is 3. The molecule has 0 unspecified atom stereocenters. The van der Waals surface area contributed by atoms with Crippen LogP contribution in [0.2, 0.25) is 0 Å². The van der Waals surface area contributed by atoms with Crippen molar-refractivity contribution in [3.05, 3.63) is 48.3 Å². The highest BCUT2D eigenvalue weighted by Gasteiger charge is 2.04. The van der Waals surface area contributed by atoms with Crippen molar-refractivity contribution in [3.63, 3.8) is 0 Å². The number of fused-ring (bicyclic) bond motifs is 3. The Bertz CT molecular complexity index is 927. The second kappa shape index (κ2) is 6.95. The zero-order chi connectivity index (χ0) is 16.9. The number of para-hydroxylation sites is 1. The first-order valence-corrected chi connectivity index (χ1v) is 7.70. The van der Waals surface area contributed by atoms with Crippen LogP contribution in [0.25, 0.3) is 27.9 Å². The number of amides is 2. The van der Waals surface area contributed by atoms with Gasteiger partial charge in [0.1, 0.15) is 0 Å². The molecule has 2 aromatic heterocycles. The van der Waals surface area contributed by atoms with Gasteiger partial charge in [-0.3, -0.25) is 14.6 Å². The number of nitrogens with one attached hydrogen (secondary N) is 3. The number of aromatic amines is 1. The molecule has 3 aromatic rings. The van der Waals surface area contributed by atoms with Gasteiger partial charge in [0.15, 0.2) is 0 Å². The van der Waals surface area contributed by atoms with Gasteiger partial charge < -0.3 is 15.6 Å². The van der Waals surface area contributed by atoms with E-state index in [-0.39, 0.29) is 11.8 Å². The van der Waals surface area contributed by atoms with Crippen LogP contribution in [-0.4, -0.2) is 34.9 Å². The van der Waals surface area contributed by atoms with Crippen molar-refractivity contribution in [2.75, 3.05) is 13.1 Å². The summed E-state index contributed by atoms with van der Waals surface area (Å²) < 4.78 is 0. The first kappa shape index (κ1) is 15.7. The number of pyridine rings is 1. The normalized spacial score (nSPS) is 11.2. The van der Waals surface area contributed by atoms with Crippen LogP contribution in [0.3, 0.4) is 0 Å². The molecular formula is C18H18N4O2. The third kappa shape index (κ3) is 3.60. The molecule has 0 aliphatic carbocycles. The van der Waals surface area contributed by atoms with Gasteiger partial charge in [0, 0.05) is 42.4 Å². The second-order valence-electron chi connectivity index (χ2n) is 5.43. The Morgan fingerprint density at radius 2 is 1.92 bits per heavy atom. The predicted octanol–water partition coefficient (Wildman–Crippen LogP) is 1.98. The minimum atomic E-state index is -0.221. The van der Waals surface area contributed by atoms with E-state index in [4.69, 9.17) is 0 Å².